The lowest BCUT2D eigenvalue weighted by Crippen LogP contribution is -2.33. The van der Waals surface area contributed by atoms with Crippen LogP contribution in [0.25, 0.3) is 0 Å². The first-order valence-electron chi connectivity index (χ1n) is 6.58. The first kappa shape index (κ1) is 16.3. The average Bonchev–Trinajstić information content (AvgIpc) is 2.37. The smallest absolute Gasteiger partial charge is 0.224 e. The Kier molecular flexibility index (Phi) is 5.39. The molecule has 0 saturated heterocycles. The van der Waals surface area contributed by atoms with Crippen LogP contribution in [-0.2, 0) is 4.79 Å². The minimum atomic E-state index is -0.343. The maximum atomic E-state index is 11.9. The molecule has 5 heteroatoms. The molecule has 0 fully saturated rings. The van der Waals surface area contributed by atoms with Crippen LogP contribution in [0.15, 0.2) is 12.1 Å². The highest BCUT2D eigenvalue weighted by atomic mass is 16.5. The van der Waals surface area contributed by atoms with Crippen LogP contribution < -0.4 is 20.5 Å². The van der Waals surface area contributed by atoms with E-state index in [0.29, 0.717) is 24.3 Å². The molecule has 1 aromatic carbocycles. The number of benzene rings is 1. The minimum Gasteiger partial charge on any atom is -0.493 e. The quantitative estimate of drug-likeness (QED) is 0.839. The van der Waals surface area contributed by atoms with Gasteiger partial charge in [0.05, 0.1) is 14.2 Å². The van der Waals surface area contributed by atoms with Crippen molar-refractivity contribution in [3.63, 3.8) is 0 Å². The molecule has 0 radical (unpaired) electrons. The molecular weight excluding hydrogens is 256 g/mol. The number of amides is 1. The Labute approximate surface area is 120 Å². The number of carbonyl (C=O) groups excluding carboxylic acids is 1. The zero-order chi connectivity index (χ0) is 15.3. The molecule has 20 heavy (non-hydrogen) atoms. The number of ether oxygens (including phenoxy) is 2. The van der Waals surface area contributed by atoms with Crippen molar-refractivity contribution >= 4 is 11.6 Å². The van der Waals surface area contributed by atoms with E-state index in [1.54, 1.807) is 20.3 Å². The zero-order valence-electron chi connectivity index (χ0n) is 12.9. The fourth-order valence-corrected chi connectivity index (χ4v) is 1.76. The summed E-state index contributed by atoms with van der Waals surface area (Å²) in [4.78, 5) is 11.9. The Hall–Kier alpha value is -1.75. The maximum absolute atomic E-state index is 11.9. The molecule has 0 aromatic heterocycles. The van der Waals surface area contributed by atoms with Crippen molar-refractivity contribution in [1.29, 1.82) is 0 Å². The van der Waals surface area contributed by atoms with Crippen LogP contribution >= 0.6 is 0 Å². The maximum Gasteiger partial charge on any atom is 0.224 e. The summed E-state index contributed by atoms with van der Waals surface area (Å²) in [5, 5.41) is 2.88. The molecule has 0 unspecified atom stereocenters. The van der Waals surface area contributed by atoms with Crippen LogP contribution in [0.4, 0.5) is 5.69 Å². The van der Waals surface area contributed by atoms with Gasteiger partial charge < -0.3 is 20.5 Å². The fraction of sp³-hybridized carbons (Fsp3) is 0.533. The van der Waals surface area contributed by atoms with Gasteiger partial charge in [-0.05, 0) is 38.8 Å². The van der Waals surface area contributed by atoms with E-state index in [1.165, 1.54) is 0 Å². The van der Waals surface area contributed by atoms with Gasteiger partial charge in [0.15, 0.2) is 11.5 Å². The Bertz CT molecular complexity index is 479. The molecule has 0 bridgehead atoms. The van der Waals surface area contributed by atoms with E-state index >= 15 is 0 Å². The van der Waals surface area contributed by atoms with E-state index in [-0.39, 0.29) is 11.4 Å². The molecule has 0 spiro atoms. The third-order valence-corrected chi connectivity index (χ3v) is 3.00. The number of anilines is 1. The molecule has 0 heterocycles. The lowest BCUT2D eigenvalue weighted by atomic mass is 10.00. The molecule has 1 amide bonds. The van der Waals surface area contributed by atoms with Gasteiger partial charge in [0.2, 0.25) is 5.91 Å². The van der Waals surface area contributed by atoms with E-state index in [1.807, 2.05) is 26.8 Å². The van der Waals surface area contributed by atoms with Crippen molar-refractivity contribution in [2.24, 2.45) is 5.73 Å². The Balaban J connectivity index is 2.79. The second-order valence-electron chi connectivity index (χ2n) is 5.56. The number of hydrogen-bond acceptors (Lipinski definition) is 4. The molecule has 0 aliphatic carbocycles. The molecular formula is C15H24N2O3. The molecule has 0 saturated carbocycles. The summed E-state index contributed by atoms with van der Waals surface area (Å²) in [6.45, 7) is 5.72. The van der Waals surface area contributed by atoms with Crippen molar-refractivity contribution in [2.45, 2.75) is 39.2 Å². The average molecular weight is 280 g/mol. The van der Waals surface area contributed by atoms with Crippen molar-refractivity contribution < 1.29 is 14.3 Å². The second-order valence-corrected chi connectivity index (χ2v) is 5.56. The van der Waals surface area contributed by atoms with E-state index in [9.17, 15) is 4.79 Å². The molecule has 5 nitrogen and oxygen atoms in total. The van der Waals surface area contributed by atoms with Crippen LogP contribution in [0.5, 0.6) is 11.5 Å². The van der Waals surface area contributed by atoms with Gasteiger partial charge in [-0.15, -0.1) is 0 Å². The highest BCUT2D eigenvalue weighted by Crippen LogP contribution is 2.32. The van der Waals surface area contributed by atoms with Gasteiger partial charge >= 0.3 is 0 Å². The topological polar surface area (TPSA) is 73.6 Å². The number of hydrogen-bond donors (Lipinski definition) is 2. The Morgan fingerprint density at radius 1 is 1.25 bits per heavy atom. The predicted molar refractivity (Wildman–Crippen MR) is 80.4 cm³/mol. The number of nitrogens with one attached hydrogen (secondary N) is 1. The molecule has 112 valence electrons. The zero-order valence-corrected chi connectivity index (χ0v) is 12.9. The first-order valence-corrected chi connectivity index (χ1v) is 6.58. The summed E-state index contributed by atoms with van der Waals surface area (Å²) in [6.07, 6.45) is 1.02. The number of nitrogens with two attached hydrogens (primary N) is 1. The largest absolute Gasteiger partial charge is 0.493 e. The van der Waals surface area contributed by atoms with Crippen molar-refractivity contribution in [3.8, 4) is 11.5 Å². The van der Waals surface area contributed by atoms with Crippen molar-refractivity contribution in [3.05, 3.63) is 17.7 Å². The number of methoxy groups -OCH3 is 2. The molecule has 0 aliphatic rings. The van der Waals surface area contributed by atoms with Crippen LogP contribution in [0.2, 0.25) is 0 Å². The summed E-state index contributed by atoms with van der Waals surface area (Å²) in [6, 6.07) is 3.60. The van der Waals surface area contributed by atoms with Crippen molar-refractivity contribution in [2.75, 3.05) is 19.5 Å². The number of carbonyl (C=O) groups is 1. The SMILES string of the molecule is COc1cc(C)c(NC(=O)CCC(C)(C)N)cc1OC. The normalized spacial score (nSPS) is 11.1. The molecule has 1 aromatic rings. The first-order chi connectivity index (χ1) is 9.26. The van der Waals surface area contributed by atoms with Gasteiger partial charge in [-0.2, -0.15) is 0 Å². The summed E-state index contributed by atoms with van der Waals surface area (Å²) < 4.78 is 10.4. The van der Waals surface area contributed by atoms with E-state index in [2.05, 4.69) is 5.32 Å². The third-order valence-electron chi connectivity index (χ3n) is 3.00. The highest BCUT2D eigenvalue weighted by molar-refractivity contribution is 5.92. The summed E-state index contributed by atoms with van der Waals surface area (Å²) >= 11 is 0. The van der Waals surface area contributed by atoms with E-state index < -0.39 is 0 Å². The van der Waals surface area contributed by atoms with Gasteiger partial charge in [0.25, 0.3) is 0 Å². The summed E-state index contributed by atoms with van der Waals surface area (Å²) in [5.41, 5.74) is 7.17. The Morgan fingerprint density at radius 2 is 1.80 bits per heavy atom. The summed E-state index contributed by atoms with van der Waals surface area (Å²) in [5.74, 6) is 1.18. The fourth-order valence-electron chi connectivity index (χ4n) is 1.76. The monoisotopic (exact) mass is 280 g/mol. The number of rotatable bonds is 6. The number of aryl methyl sites for hydroxylation is 1. The molecule has 1 rings (SSSR count). The van der Waals surface area contributed by atoms with Crippen LogP contribution in [0.1, 0.15) is 32.3 Å². The predicted octanol–water partition coefficient (Wildman–Crippen LogP) is 2.47. The standard InChI is InChI=1S/C15H24N2O3/c1-10-8-12(19-4)13(20-5)9-11(10)17-14(18)6-7-15(2,3)16/h8-9H,6-7,16H2,1-5H3,(H,17,18). The van der Waals surface area contributed by atoms with Gasteiger partial charge in [0, 0.05) is 23.7 Å². The third kappa shape index (κ3) is 4.74. The molecule has 3 N–H and O–H groups in total. The van der Waals surface area contributed by atoms with Gasteiger partial charge in [-0.25, -0.2) is 0 Å². The van der Waals surface area contributed by atoms with E-state index in [0.717, 1.165) is 11.3 Å². The van der Waals surface area contributed by atoms with Crippen LogP contribution in [0.3, 0.4) is 0 Å². The van der Waals surface area contributed by atoms with Gasteiger partial charge in [-0.3, -0.25) is 4.79 Å². The highest BCUT2D eigenvalue weighted by Gasteiger charge is 2.15. The second kappa shape index (κ2) is 6.61. The minimum absolute atomic E-state index is 0.0566. The van der Waals surface area contributed by atoms with E-state index in [4.69, 9.17) is 15.2 Å². The lowest BCUT2D eigenvalue weighted by Gasteiger charge is -2.18. The summed E-state index contributed by atoms with van der Waals surface area (Å²) in [7, 11) is 3.15. The van der Waals surface area contributed by atoms with Gasteiger partial charge in [0.1, 0.15) is 0 Å². The lowest BCUT2D eigenvalue weighted by molar-refractivity contribution is -0.116. The van der Waals surface area contributed by atoms with Gasteiger partial charge in [-0.1, -0.05) is 0 Å². The van der Waals surface area contributed by atoms with Crippen molar-refractivity contribution in [1.82, 2.24) is 0 Å². The molecule has 0 atom stereocenters. The molecule has 0 aliphatic heterocycles. The van der Waals surface area contributed by atoms with Crippen LogP contribution in [-0.4, -0.2) is 25.7 Å². The van der Waals surface area contributed by atoms with Crippen LogP contribution in [0, 0.1) is 6.92 Å². The Morgan fingerprint density at radius 3 is 2.30 bits per heavy atom.